The second-order valence-electron chi connectivity index (χ2n) is 4.84. The van der Waals surface area contributed by atoms with Gasteiger partial charge in [-0.1, -0.05) is 23.9 Å². The zero-order valence-corrected chi connectivity index (χ0v) is 12.0. The molecule has 0 saturated carbocycles. The molecule has 2 aromatic rings. The monoisotopic (exact) mass is 292 g/mol. The fraction of sp³-hybridized carbons (Fsp3) is 0.429. The van der Waals surface area contributed by atoms with E-state index in [0.29, 0.717) is 16.5 Å². The summed E-state index contributed by atoms with van der Waals surface area (Å²) in [6, 6.07) is 6.59. The Balaban J connectivity index is 1.58. The molecule has 0 unspecified atom stereocenters. The van der Waals surface area contributed by atoms with Crippen molar-refractivity contribution in [1.29, 1.82) is 0 Å². The van der Waals surface area contributed by atoms with E-state index in [-0.39, 0.29) is 5.82 Å². The molecule has 3 rings (SSSR count). The van der Waals surface area contributed by atoms with Crippen molar-refractivity contribution < 1.29 is 4.39 Å². The minimum atomic E-state index is -0.280. The van der Waals surface area contributed by atoms with Crippen molar-refractivity contribution in [2.75, 3.05) is 25.4 Å². The summed E-state index contributed by atoms with van der Waals surface area (Å²) in [7, 11) is 0. The lowest BCUT2D eigenvalue weighted by Crippen LogP contribution is -2.21. The van der Waals surface area contributed by atoms with Crippen LogP contribution in [-0.2, 0) is 0 Å². The highest BCUT2D eigenvalue weighted by molar-refractivity contribution is 7.99. The molecule has 1 aromatic carbocycles. The topological polar surface area (TPSA) is 44.8 Å². The third-order valence-electron chi connectivity index (χ3n) is 3.43. The number of benzene rings is 1. The highest BCUT2D eigenvalue weighted by atomic mass is 32.2. The van der Waals surface area contributed by atoms with E-state index in [1.165, 1.54) is 32.0 Å². The van der Waals surface area contributed by atoms with Crippen molar-refractivity contribution in [2.24, 2.45) is 0 Å². The maximum Gasteiger partial charge on any atom is 0.208 e. The second-order valence-corrected chi connectivity index (χ2v) is 5.91. The molecular weight excluding hydrogens is 275 g/mol. The lowest BCUT2D eigenvalue weighted by atomic mass is 10.2. The zero-order valence-electron chi connectivity index (χ0n) is 11.2. The molecule has 1 aromatic heterocycles. The zero-order chi connectivity index (χ0) is 13.8. The first-order valence-electron chi connectivity index (χ1n) is 6.85. The molecule has 1 aliphatic heterocycles. The summed E-state index contributed by atoms with van der Waals surface area (Å²) in [5, 5.41) is 7.63. The number of H-pyrrole nitrogens is 1. The maximum absolute atomic E-state index is 13.6. The van der Waals surface area contributed by atoms with Crippen molar-refractivity contribution >= 4 is 11.8 Å². The van der Waals surface area contributed by atoms with Gasteiger partial charge in [0.15, 0.2) is 5.82 Å². The third-order valence-corrected chi connectivity index (χ3v) is 4.26. The van der Waals surface area contributed by atoms with Gasteiger partial charge in [-0.15, -0.1) is 5.10 Å². The average molecular weight is 292 g/mol. The van der Waals surface area contributed by atoms with Crippen LogP contribution in [0.15, 0.2) is 29.4 Å². The van der Waals surface area contributed by atoms with Gasteiger partial charge in [0.1, 0.15) is 5.82 Å². The van der Waals surface area contributed by atoms with E-state index in [0.717, 1.165) is 12.3 Å². The third kappa shape index (κ3) is 3.19. The number of hydrogen-bond donors (Lipinski definition) is 1. The number of hydrogen-bond acceptors (Lipinski definition) is 4. The van der Waals surface area contributed by atoms with E-state index in [1.807, 2.05) is 0 Å². The molecule has 4 nitrogen and oxygen atoms in total. The number of aromatic amines is 1. The Morgan fingerprint density at radius 1 is 1.25 bits per heavy atom. The number of nitrogens with one attached hydrogen (secondary N) is 1. The molecule has 0 aliphatic carbocycles. The predicted octanol–water partition coefficient (Wildman–Crippen LogP) is 2.80. The Morgan fingerprint density at radius 3 is 2.85 bits per heavy atom. The first kappa shape index (κ1) is 13.6. The van der Waals surface area contributed by atoms with Crippen molar-refractivity contribution in [3.05, 3.63) is 30.1 Å². The molecule has 0 spiro atoms. The van der Waals surface area contributed by atoms with Crippen molar-refractivity contribution in [3.63, 3.8) is 0 Å². The molecule has 0 bridgehead atoms. The number of thioether (sulfide) groups is 1. The molecule has 1 saturated heterocycles. The lowest BCUT2D eigenvalue weighted by molar-refractivity contribution is 0.362. The summed E-state index contributed by atoms with van der Waals surface area (Å²) in [5.41, 5.74) is 0.464. The molecule has 1 N–H and O–H groups in total. The van der Waals surface area contributed by atoms with Crippen molar-refractivity contribution in [3.8, 4) is 11.4 Å². The Hall–Kier alpha value is -1.40. The van der Waals surface area contributed by atoms with Gasteiger partial charge >= 0.3 is 0 Å². The molecule has 0 amide bonds. The van der Waals surface area contributed by atoms with E-state index >= 15 is 0 Å². The highest BCUT2D eigenvalue weighted by Gasteiger charge is 2.13. The molecule has 6 heteroatoms. The van der Waals surface area contributed by atoms with Gasteiger partial charge in [0.25, 0.3) is 0 Å². The minimum absolute atomic E-state index is 0.280. The number of halogens is 1. The van der Waals surface area contributed by atoms with Crippen LogP contribution in [0.25, 0.3) is 11.4 Å². The standard InChI is InChI=1S/C14H17FN4S/c15-12-6-2-1-5-11(12)13-16-14(18-17-13)20-10-9-19-7-3-4-8-19/h1-2,5-6H,3-4,7-10H2,(H,16,17,18). The molecule has 20 heavy (non-hydrogen) atoms. The summed E-state index contributed by atoms with van der Waals surface area (Å²) in [4.78, 5) is 6.80. The summed E-state index contributed by atoms with van der Waals surface area (Å²) in [6.45, 7) is 3.47. The first-order chi connectivity index (χ1) is 9.83. The van der Waals surface area contributed by atoms with Gasteiger partial charge in [-0.2, -0.15) is 0 Å². The maximum atomic E-state index is 13.6. The van der Waals surface area contributed by atoms with Crippen molar-refractivity contribution in [2.45, 2.75) is 18.0 Å². The summed E-state index contributed by atoms with van der Waals surface area (Å²) in [5.74, 6) is 1.18. The summed E-state index contributed by atoms with van der Waals surface area (Å²) < 4.78 is 13.6. The number of nitrogens with zero attached hydrogens (tertiary/aromatic N) is 3. The van der Waals surface area contributed by atoms with Crippen molar-refractivity contribution in [1.82, 2.24) is 20.1 Å². The van der Waals surface area contributed by atoms with Crippen LogP contribution < -0.4 is 0 Å². The minimum Gasteiger partial charge on any atom is -0.303 e. The lowest BCUT2D eigenvalue weighted by Gasteiger charge is -2.12. The van der Waals surface area contributed by atoms with Crippen LogP contribution in [0.3, 0.4) is 0 Å². The van der Waals surface area contributed by atoms with E-state index in [2.05, 4.69) is 20.1 Å². The van der Waals surface area contributed by atoms with E-state index < -0.39 is 0 Å². The van der Waals surface area contributed by atoms with E-state index in [9.17, 15) is 4.39 Å². The number of aromatic nitrogens is 3. The van der Waals surface area contributed by atoms with Crippen LogP contribution in [0.2, 0.25) is 0 Å². The normalized spacial score (nSPS) is 15.8. The predicted molar refractivity (Wildman–Crippen MR) is 78.2 cm³/mol. The molecule has 0 atom stereocenters. The second kappa shape index (κ2) is 6.37. The Labute approximate surface area is 121 Å². The van der Waals surface area contributed by atoms with Gasteiger partial charge in [-0.25, -0.2) is 9.37 Å². The molecule has 2 heterocycles. The van der Waals surface area contributed by atoms with Crippen LogP contribution in [0.5, 0.6) is 0 Å². The van der Waals surface area contributed by atoms with E-state index in [4.69, 9.17) is 0 Å². The van der Waals surface area contributed by atoms with Gasteiger partial charge in [-0.3, -0.25) is 5.10 Å². The summed E-state index contributed by atoms with van der Waals surface area (Å²) in [6.07, 6.45) is 2.62. The van der Waals surface area contributed by atoms with Gasteiger partial charge in [0, 0.05) is 12.3 Å². The summed E-state index contributed by atoms with van der Waals surface area (Å²) >= 11 is 1.61. The average Bonchev–Trinajstić information content (AvgIpc) is 3.11. The molecule has 1 aliphatic rings. The van der Waals surface area contributed by atoms with Gasteiger partial charge in [0.05, 0.1) is 5.56 Å². The highest BCUT2D eigenvalue weighted by Crippen LogP contribution is 2.21. The first-order valence-corrected chi connectivity index (χ1v) is 7.84. The molecule has 0 radical (unpaired) electrons. The van der Waals surface area contributed by atoms with Gasteiger partial charge in [0.2, 0.25) is 5.16 Å². The fourth-order valence-electron chi connectivity index (χ4n) is 2.36. The fourth-order valence-corrected chi connectivity index (χ4v) is 3.16. The van der Waals surface area contributed by atoms with Crippen LogP contribution in [0.4, 0.5) is 4.39 Å². The SMILES string of the molecule is Fc1ccccc1-c1nc(SCCN2CCCC2)n[nH]1. The smallest absolute Gasteiger partial charge is 0.208 e. The Kier molecular flexibility index (Phi) is 4.32. The largest absolute Gasteiger partial charge is 0.303 e. The van der Waals surface area contributed by atoms with Gasteiger partial charge < -0.3 is 4.90 Å². The Morgan fingerprint density at radius 2 is 2.05 bits per heavy atom. The molecule has 1 fully saturated rings. The molecule has 106 valence electrons. The van der Waals surface area contributed by atoms with Crippen LogP contribution in [-0.4, -0.2) is 45.5 Å². The number of rotatable bonds is 5. The quantitative estimate of drug-likeness (QED) is 0.861. The number of likely N-dealkylation sites (tertiary alicyclic amines) is 1. The van der Waals surface area contributed by atoms with Crippen LogP contribution >= 0.6 is 11.8 Å². The van der Waals surface area contributed by atoms with Crippen LogP contribution in [0, 0.1) is 5.82 Å². The van der Waals surface area contributed by atoms with Gasteiger partial charge in [-0.05, 0) is 38.1 Å². The Bertz CT molecular complexity index is 566. The van der Waals surface area contributed by atoms with Crippen LogP contribution in [0.1, 0.15) is 12.8 Å². The van der Waals surface area contributed by atoms with E-state index in [1.54, 1.807) is 30.0 Å². The molecular formula is C14H17FN4S.